The van der Waals surface area contributed by atoms with E-state index < -0.39 is 36.3 Å². The smallest absolute Gasteiger partial charge is 0.310 e. The van der Waals surface area contributed by atoms with Gasteiger partial charge in [0.2, 0.25) is 4.75 Å². The Morgan fingerprint density at radius 3 is 2.16 bits per heavy atom. The maximum absolute atomic E-state index is 13.3. The molecule has 6 nitrogen and oxygen atoms in total. The molecule has 25 heavy (non-hydrogen) atoms. The summed E-state index contributed by atoms with van der Waals surface area (Å²) in [5.74, 6) is -0.393. The number of ketones is 2. The van der Waals surface area contributed by atoms with E-state index in [0.717, 1.165) is 4.90 Å². The summed E-state index contributed by atoms with van der Waals surface area (Å²) in [7, 11) is -2.31. The van der Waals surface area contributed by atoms with E-state index in [1.54, 1.807) is 36.4 Å². The van der Waals surface area contributed by atoms with Crippen molar-refractivity contribution in [2.75, 3.05) is 11.1 Å². The van der Waals surface area contributed by atoms with Gasteiger partial charge in [0.25, 0.3) is 0 Å². The lowest BCUT2D eigenvalue weighted by molar-refractivity contribution is -0.519. The molecule has 7 heteroatoms. The number of rotatable bonds is 2. The van der Waals surface area contributed by atoms with E-state index in [-0.39, 0.29) is 0 Å². The van der Waals surface area contributed by atoms with Crippen molar-refractivity contribution >= 4 is 27.3 Å². The van der Waals surface area contributed by atoms with E-state index in [1.807, 2.05) is 19.1 Å². The number of fused-ring (bicyclic) bond motifs is 6. The van der Waals surface area contributed by atoms with Crippen LogP contribution in [0, 0.1) is 10.1 Å². The molecule has 1 fully saturated rings. The first-order valence-corrected chi connectivity index (χ1v) is 9.81. The molecule has 0 radical (unpaired) electrons. The van der Waals surface area contributed by atoms with Gasteiger partial charge in [-0.05, 0) is 17.9 Å². The highest BCUT2D eigenvalue weighted by molar-refractivity contribution is 8.43. The third-order valence-corrected chi connectivity index (χ3v) is 10.8. The zero-order chi connectivity index (χ0) is 17.6. The zero-order valence-corrected chi connectivity index (χ0v) is 14.1. The largest absolute Gasteiger partial charge is 0.360 e. The van der Waals surface area contributed by atoms with Gasteiger partial charge in [-0.15, -0.1) is 0 Å². The molecular weight excluding hydrogens is 340 g/mol. The second kappa shape index (κ2) is 4.11. The fraction of sp³-hybridized carbons (Fsp3) is 0.222. The fourth-order valence-corrected chi connectivity index (χ4v) is 10.5. The summed E-state index contributed by atoms with van der Waals surface area (Å²) in [5, 5.41) is 15.3. The van der Waals surface area contributed by atoms with Crippen molar-refractivity contribution in [3.8, 4) is 0 Å². The first-order chi connectivity index (χ1) is 12.0. The van der Waals surface area contributed by atoms with Crippen LogP contribution in [0.1, 0.15) is 27.6 Å². The Bertz CT molecular complexity index is 985. The number of nitrogens with zero attached hydrogens (tertiary/aromatic N) is 1. The number of hydrogen-bond donors (Lipinski definition) is 1. The van der Waals surface area contributed by atoms with Gasteiger partial charge in [0.05, 0.1) is 10.6 Å². The predicted octanol–water partition coefficient (Wildman–Crippen LogP) is 3.06. The number of carbonyl (C=O) groups excluding carboxylic acids is 2. The van der Waals surface area contributed by atoms with Gasteiger partial charge in [0.15, 0.2) is 11.6 Å². The Morgan fingerprint density at radius 2 is 1.60 bits per heavy atom. The van der Waals surface area contributed by atoms with Gasteiger partial charge < -0.3 is 5.32 Å². The third kappa shape index (κ3) is 1.12. The number of para-hydroxylation sites is 1. The van der Waals surface area contributed by atoms with Crippen molar-refractivity contribution in [1.29, 1.82) is 0 Å². The molecule has 2 atom stereocenters. The number of Topliss-reactive ketones (excluding diaryl/α,β-unsaturated/α-hetero) is 2. The molecule has 0 saturated carbocycles. The lowest BCUT2D eigenvalue weighted by atomic mass is 10.00. The lowest BCUT2D eigenvalue weighted by Gasteiger charge is -2.20. The van der Waals surface area contributed by atoms with E-state index in [0.29, 0.717) is 22.6 Å². The summed E-state index contributed by atoms with van der Waals surface area (Å²) in [6.45, 7) is 1.84. The molecule has 0 aromatic heterocycles. The summed E-state index contributed by atoms with van der Waals surface area (Å²) in [6, 6.07) is 13.8. The Kier molecular flexibility index (Phi) is 2.41. The number of carbonyl (C=O) groups is 2. The van der Waals surface area contributed by atoms with Gasteiger partial charge in [0, 0.05) is 16.0 Å². The van der Waals surface area contributed by atoms with Gasteiger partial charge in [-0.2, -0.15) is 0 Å². The van der Waals surface area contributed by atoms with Crippen LogP contribution in [0.4, 0.5) is 5.69 Å². The summed E-state index contributed by atoms with van der Waals surface area (Å²) in [4.78, 5) is 37.6. The standard InChI is InChI=1S/C18H14N2O4S/c1-2-25-14-10-6-5-9-13(14)19-18(25,20(23)24)17(25)15(21)11-7-3-4-8-12(11)16(17)22/h3-10,19H,2H2,1H3. The average Bonchev–Trinajstić information content (AvgIpc) is 2.91. The average molecular weight is 354 g/mol. The van der Waals surface area contributed by atoms with Crippen molar-refractivity contribution in [3.05, 3.63) is 69.8 Å². The van der Waals surface area contributed by atoms with Gasteiger partial charge in [-0.1, -0.05) is 53.4 Å². The predicted molar refractivity (Wildman–Crippen MR) is 94.0 cm³/mol. The van der Waals surface area contributed by atoms with Crippen LogP contribution in [0.15, 0.2) is 53.4 Å². The molecule has 3 aliphatic rings. The molecule has 0 amide bonds. The van der Waals surface area contributed by atoms with Crippen LogP contribution in [0.25, 0.3) is 0 Å². The third-order valence-electron chi connectivity index (χ3n) is 5.78. The van der Waals surface area contributed by atoms with Gasteiger partial charge in [-0.25, -0.2) is 0 Å². The SMILES string of the molecule is CCS12c3ccccc3NC1([N+](=O)[O-])C21C(=O)c2ccccc2C1=O. The maximum Gasteiger partial charge on any atom is 0.360 e. The molecular formula is C18H14N2O4S. The topological polar surface area (TPSA) is 89.3 Å². The molecule has 2 aromatic rings. The number of nitro groups is 1. The van der Waals surface area contributed by atoms with Gasteiger partial charge in [0.1, 0.15) is 0 Å². The molecule has 2 unspecified atom stereocenters. The minimum Gasteiger partial charge on any atom is -0.310 e. The number of hydrogen-bond acceptors (Lipinski definition) is 5. The van der Waals surface area contributed by atoms with Crippen molar-refractivity contribution in [1.82, 2.24) is 0 Å². The zero-order valence-electron chi connectivity index (χ0n) is 13.3. The van der Waals surface area contributed by atoms with Gasteiger partial charge in [-0.3, -0.25) is 19.7 Å². The molecule has 2 aromatic carbocycles. The van der Waals surface area contributed by atoms with E-state index in [9.17, 15) is 19.7 Å². The van der Waals surface area contributed by atoms with Crippen LogP contribution in [-0.4, -0.2) is 32.0 Å². The normalized spacial score (nSPS) is 32.4. The maximum atomic E-state index is 13.3. The van der Waals surface area contributed by atoms with Crippen molar-refractivity contribution in [3.63, 3.8) is 0 Å². The van der Waals surface area contributed by atoms with Crippen LogP contribution in [0.5, 0.6) is 0 Å². The molecule has 1 aliphatic carbocycles. The fourth-order valence-electron chi connectivity index (χ4n) is 4.91. The first kappa shape index (κ1) is 14.7. The van der Waals surface area contributed by atoms with Crippen LogP contribution in [0.3, 0.4) is 0 Å². The number of nitrogens with one attached hydrogen (secondary N) is 1. The summed E-state index contributed by atoms with van der Waals surface area (Å²) in [5.41, 5.74) is 1.28. The minimum absolute atomic E-state index is 0.308. The quantitative estimate of drug-likeness (QED) is 0.387. The van der Waals surface area contributed by atoms with Crippen molar-refractivity contribution in [2.45, 2.75) is 21.6 Å². The highest BCUT2D eigenvalue weighted by atomic mass is 32.3. The Labute approximate surface area is 144 Å². The van der Waals surface area contributed by atoms with E-state index in [4.69, 9.17) is 0 Å². The minimum atomic E-state index is -2.31. The summed E-state index contributed by atoms with van der Waals surface area (Å²) >= 11 is 0. The Balaban J connectivity index is 1.87. The summed E-state index contributed by atoms with van der Waals surface area (Å²) < 4.78 is -1.61. The molecule has 2 heterocycles. The summed E-state index contributed by atoms with van der Waals surface area (Å²) in [6.07, 6.45) is 0. The molecule has 2 aliphatic heterocycles. The molecule has 0 bridgehead atoms. The van der Waals surface area contributed by atoms with E-state index >= 15 is 0 Å². The number of anilines is 1. The Morgan fingerprint density at radius 1 is 1.04 bits per heavy atom. The number of benzene rings is 2. The molecule has 1 spiro atoms. The van der Waals surface area contributed by atoms with Crippen LogP contribution in [-0.2, 0) is 0 Å². The Hall–Kier alpha value is -2.67. The molecule has 1 saturated heterocycles. The molecule has 1 N–H and O–H groups in total. The molecule has 5 rings (SSSR count). The van der Waals surface area contributed by atoms with Gasteiger partial charge >= 0.3 is 4.99 Å². The van der Waals surface area contributed by atoms with Crippen molar-refractivity contribution in [2.24, 2.45) is 0 Å². The van der Waals surface area contributed by atoms with Crippen LogP contribution < -0.4 is 5.32 Å². The highest BCUT2D eigenvalue weighted by Gasteiger charge is 3.03. The van der Waals surface area contributed by atoms with E-state index in [2.05, 4.69) is 5.32 Å². The van der Waals surface area contributed by atoms with E-state index in [1.165, 1.54) is 0 Å². The lowest BCUT2D eigenvalue weighted by Crippen LogP contribution is -2.46. The van der Waals surface area contributed by atoms with Crippen LogP contribution in [0.2, 0.25) is 0 Å². The second-order valence-electron chi connectivity index (χ2n) is 6.44. The molecule has 126 valence electrons. The second-order valence-corrected chi connectivity index (χ2v) is 10.1. The monoisotopic (exact) mass is 354 g/mol. The first-order valence-electron chi connectivity index (χ1n) is 8.01. The van der Waals surface area contributed by atoms with Crippen LogP contribution >= 0.6 is 10.0 Å². The highest BCUT2D eigenvalue weighted by Crippen LogP contribution is 2.97. The van der Waals surface area contributed by atoms with Crippen molar-refractivity contribution < 1.29 is 14.5 Å².